The van der Waals surface area contributed by atoms with E-state index >= 15 is 0 Å². The Morgan fingerprint density at radius 3 is 2.75 bits per heavy atom. The summed E-state index contributed by atoms with van der Waals surface area (Å²) >= 11 is 5.15. The maximum Gasteiger partial charge on any atom is 0.237 e. The third kappa shape index (κ3) is 4.55. The van der Waals surface area contributed by atoms with Gasteiger partial charge in [-0.2, -0.15) is 0 Å². The van der Waals surface area contributed by atoms with Gasteiger partial charge in [-0.1, -0.05) is 0 Å². The number of thiophene rings is 1. The van der Waals surface area contributed by atoms with Gasteiger partial charge in [0.15, 0.2) is 0 Å². The molecule has 1 aromatic rings. The Kier molecular flexibility index (Phi) is 6.01. The molecule has 2 heterocycles. The van der Waals surface area contributed by atoms with Crippen LogP contribution in [0.2, 0.25) is 0 Å². The van der Waals surface area contributed by atoms with Gasteiger partial charge in [-0.3, -0.25) is 9.69 Å². The van der Waals surface area contributed by atoms with E-state index in [-0.39, 0.29) is 5.91 Å². The van der Waals surface area contributed by atoms with Gasteiger partial charge >= 0.3 is 0 Å². The van der Waals surface area contributed by atoms with Crippen LogP contribution in [0.5, 0.6) is 0 Å². The Hall–Kier alpha value is -0.430. The normalized spacial score (nSPS) is 17.4. The van der Waals surface area contributed by atoms with Crippen LogP contribution in [0.1, 0.15) is 24.6 Å². The van der Waals surface area contributed by atoms with Gasteiger partial charge in [0.05, 0.1) is 16.9 Å². The Bertz CT molecular complexity index is 443. The smallest absolute Gasteiger partial charge is 0.237 e. The Morgan fingerprint density at radius 2 is 2.20 bits per heavy atom. The van der Waals surface area contributed by atoms with Crippen LogP contribution in [-0.2, 0) is 11.3 Å². The monoisotopic (exact) mass is 359 g/mol. The predicted molar refractivity (Wildman–Crippen MR) is 86.8 cm³/mol. The van der Waals surface area contributed by atoms with Crippen LogP contribution in [0.25, 0.3) is 0 Å². The average Bonchev–Trinajstić information content (AvgIpc) is 2.84. The Balaban J connectivity index is 1.85. The van der Waals surface area contributed by atoms with E-state index in [9.17, 15) is 4.79 Å². The number of hydrogen-bond acceptors (Lipinski definition) is 4. The van der Waals surface area contributed by atoms with E-state index in [4.69, 9.17) is 5.73 Å². The molecular formula is C14H22BrN3OS. The fourth-order valence-electron chi connectivity index (χ4n) is 2.40. The second-order valence-electron chi connectivity index (χ2n) is 5.23. The minimum Gasteiger partial charge on any atom is -0.337 e. The van der Waals surface area contributed by atoms with Crippen molar-refractivity contribution in [3.63, 3.8) is 0 Å². The highest BCUT2D eigenvalue weighted by Gasteiger charge is 2.21. The first-order valence-electron chi connectivity index (χ1n) is 7.08. The first kappa shape index (κ1) is 15.9. The molecule has 0 aromatic carbocycles. The van der Waals surface area contributed by atoms with E-state index in [0.717, 1.165) is 36.3 Å². The predicted octanol–water partition coefficient (Wildman–Crippen LogP) is 2.28. The molecule has 0 spiro atoms. The van der Waals surface area contributed by atoms with E-state index in [1.807, 2.05) is 17.9 Å². The summed E-state index contributed by atoms with van der Waals surface area (Å²) in [5, 5.41) is 0. The molecule has 112 valence electrons. The van der Waals surface area contributed by atoms with Gasteiger partial charge in [0.25, 0.3) is 0 Å². The zero-order valence-electron chi connectivity index (χ0n) is 11.8. The molecule has 1 saturated heterocycles. The summed E-state index contributed by atoms with van der Waals surface area (Å²) in [6.07, 6.45) is 1.99. The molecule has 4 nitrogen and oxygen atoms in total. The van der Waals surface area contributed by atoms with Crippen LogP contribution in [0, 0.1) is 0 Å². The molecule has 0 bridgehead atoms. The van der Waals surface area contributed by atoms with Crippen molar-refractivity contribution in [1.82, 2.24) is 9.80 Å². The average molecular weight is 360 g/mol. The molecule has 1 aliphatic heterocycles. The summed E-state index contributed by atoms with van der Waals surface area (Å²) in [7, 11) is 0. The lowest BCUT2D eigenvalue weighted by molar-refractivity contribution is -0.133. The molecule has 6 heteroatoms. The molecular weight excluding hydrogens is 338 g/mol. The molecule has 0 atom stereocenters. The van der Waals surface area contributed by atoms with Crippen LogP contribution in [0.4, 0.5) is 0 Å². The van der Waals surface area contributed by atoms with E-state index < -0.39 is 0 Å². The van der Waals surface area contributed by atoms with Crippen molar-refractivity contribution >= 4 is 33.2 Å². The lowest BCUT2D eigenvalue weighted by Gasteiger charge is -2.31. The number of nitrogens with two attached hydrogens (primary N) is 1. The first-order chi connectivity index (χ1) is 9.58. The van der Waals surface area contributed by atoms with Crippen molar-refractivity contribution in [2.45, 2.75) is 32.4 Å². The molecule has 1 fully saturated rings. The van der Waals surface area contributed by atoms with Crippen molar-refractivity contribution in [1.29, 1.82) is 0 Å². The van der Waals surface area contributed by atoms with Crippen molar-refractivity contribution in [3.05, 3.63) is 20.8 Å². The van der Waals surface area contributed by atoms with Crippen LogP contribution >= 0.6 is 27.3 Å². The fourth-order valence-corrected chi connectivity index (χ4v) is 3.90. The van der Waals surface area contributed by atoms with Gasteiger partial charge in [-0.05, 0) is 47.8 Å². The molecule has 20 heavy (non-hydrogen) atoms. The van der Waals surface area contributed by atoms with E-state index in [2.05, 4.69) is 26.9 Å². The molecule has 0 unspecified atom stereocenters. The number of hydrogen-bond donors (Lipinski definition) is 1. The number of halogens is 1. The van der Waals surface area contributed by atoms with Gasteiger partial charge in [0, 0.05) is 30.6 Å². The number of carbonyl (C=O) groups is 1. The molecule has 1 amide bonds. The standard InChI is InChI=1S/C14H22BrN3OS/c1-2-18(9-12-3-4-13(15)20-12)14(19)10-17-7-5-11(16)6-8-17/h3-4,11H,2,5-10,16H2,1H3. The highest BCUT2D eigenvalue weighted by Crippen LogP contribution is 2.23. The lowest BCUT2D eigenvalue weighted by Crippen LogP contribution is -2.45. The molecule has 1 aromatic heterocycles. The first-order valence-corrected chi connectivity index (χ1v) is 8.69. The van der Waals surface area contributed by atoms with Gasteiger partial charge in [0.1, 0.15) is 0 Å². The highest BCUT2D eigenvalue weighted by atomic mass is 79.9. The quantitative estimate of drug-likeness (QED) is 0.877. The summed E-state index contributed by atoms with van der Waals surface area (Å²) < 4.78 is 1.11. The van der Waals surface area contributed by atoms with Gasteiger partial charge < -0.3 is 10.6 Å². The van der Waals surface area contributed by atoms with E-state index in [1.54, 1.807) is 11.3 Å². The third-order valence-corrected chi connectivity index (χ3v) is 5.31. The Labute approximate surface area is 133 Å². The van der Waals surface area contributed by atoms with Crippen LogP contribution in [0.15, 0.2) is 15.9 Å². The molecule has 1 aliphatic rings. The molecule has 0 aliphatic carbocycles. The highest BCUT2D eigenvalue weighted by molar-refractivity contribution is 9.11. The minimum absolute atomic E-state index is 0.215. The summed E-state index contributed by atoms with van der Waals surface area (Å²) in [4.78, 5) is 17.7. The zero-order chi connectivity index (χ0) is 14.5. The summed E-state index contributed by atoms with van der Waals surface area (Å²) in [5.74, 6) is 0.215. The number of likely N-dealkylation sites (N-methyl/N-ethyl adjacent to an activating group) is 1. The Morgan fingerprint density at radius 1 is 1.50 bits per heavy atom. The summed E-state index contributed by atoms with van der Waals surface area (Å²) in [5.41, 5.74) is 5.89. The minimum atomic E-state index is 0.215. The van der Waals surface area contributed by atoms with Crippen LogP contribution in [-0.4, -0.2) is 47.9 Å². The number of likely N-dealkylation sites (tertiary alicyclic amines) is 1. The van der Waals surface area contributed by atoms with Gasteiger partial charge in [-0.25, -0.2) is 0 Å². The SMILES string of the molecule is CCN(Cc1ccc(Br)s1)C(=O)CN1CCC(N)CC1. The van der Waals surface area contributed by atoms with Gasteiger partial charge in [-0.15, -0.1) is 11.3 Å². The number of carbonyl (C=O) groups excluding carboxylic acids is 1. The third-order valence-electron chi connectivity index (χ3n) is 3.70. The fraction of sp³-hybridized carbons (Fsp3) is 0.643. The molecule has 0 saturated carbocycles. The number of rotatable bonds is 5. The maximum absolute atomic E-state index is 12.4. The van der Waals surface area contributed by atoms with E-state index in [0.29, 0.717) is 19.1 Å². The molecule has 0 radical (unpaired) electrons. The summed E-state index contributed by atoms with van der Waals surface area (Å²) in [6, 6.07) is 4.42. The maximum atomic E-state index is 12.4. The van der Waals surface area contributed by atoms with Crippen LogP contribution in [0.3, 0.4) is 0 Å². The number of amides is 1. The van der Waals surface area contributed by atoms with Gasteiger partial charge in [0.2, 0.25) is 5.91 Å². The number of piperidine rings is 1. The lowest BCUT2D eigenvalue weighted by atomic mass is 10.1. The van der Waals surface area contributed by atoms with Crippen molar-refractivity contribution < 1.29 is 4.79 Å². The molecule has 2 N–H and O–H groups in total. The second kappa shape index (κ2) is 7.54. The second-order valence-corrected chi connectivity index (χ2v) is 7.77. The van der Waals surface area contributed by atoms with E-state index in [1.165, 1.54) is 4.88 Å². The topological polar surface area (TPSA) is 49.6 Å². The van der Waals surface area contributed by atoms with Crippen molar-refractivity contribution in [2.75, 3.05) is 26.2 Å². The largest absolute Gasteiger partial charge is 0.337 e. The molecule has 2 rings (SSSR count). The number of nitrogens with zero attached hydrogens (tertiary/aromatic N) is 2. The van der Waals surface area contributed by atoms with Crippen LogP contribution < -0.4 is 5.73 Å². The van der Waals surface area contributed by atoms with Crippen molar-refractivity contribution in [2.24, 2.45) is 5.73 Å². The summed E-state index contributed by atoms with van der Waals surface area (Å²) in [6.45, 7) is 5.89. The zero-order valence-corrected chi connectivity index (χ0v) is 14.3. The van der Waals surface area contributed by atoms with Crippen molar-refractivity contribution in [3.8, 4) is 0 Å².